The number of carbonyl (C=O) groups is 1. The largest absolute Gasteiger partial charge is 0.497 e. The molecule has 31 heavy (non-hydrogen) atoms. The smallest absolute Gasteiger partial charge is 0.336 e. The number of carbonyl (C=O) groups excluding carboxylic acids is 1. The Kier molecular flexibility index (Phi) is 7.28. The average molecular weight is 423 g/mol. The molecule has 7 heteroatoms. The van der Waals surface area contributed by atoms with Crippen LogP contribution in [-0.4, -0.2) is 34.4 Å². The molecular weight excluding hydrogens is 392 g/mol. The molecule has 0 spiro atoms. The SMILES string of the molecule is COc1cccc(-c2nc(OCC(C)C)nn2-c2ccc(NC(=O)CC(C)C)cc2)c1. The summed E-state index contributed by atoms with van der Waals surface area (Å²) in [6.07, 6.45) is 0.487. The van der Waals surface area contributed by atoms with E-state index in [-0.39, 0.29) is 5.91 Å². The highest BCUT2D eigenvalue weighted by atomic mass is 16.5. The van der Waals surface area contributed by atoms with E-state index in [0.29, 0.717) is 36.7 Å². The van der Waals surface area contributed by atoms with Crippen LogP contribution in [0.1, 0.15) is 34.1 Å². The molecule has 0 fully saturated rings. The Labute approximate surface area is 183 Å². The number of nitrogens with one attached hydrogen (secondary N) is 1. The van der Waals surface area contributed by atoms with Gasteiger partial charge in [0.05, 0.1) is 19.4 Å². The maximum Gasteiger partial charge on any atom is 0.336 e. The van der Waals surface area contributed by atoms with Crippen LogP contribution in [0.2, 0.25) is 0 Å². The topological polar surface area (TPSA) is 78.3 Å². The number of methoxy groups -OCH3 is 1. The summed E-state index contributed by atoms with van der Waals surface area (Å²) in [5, 5.41) is 7.50. The maximum atomic E-state index is 12.0. The summed E-state index contributed by atoms with van der Waals surface area (Å²) in [5.41, 5.74) is 2.42. The fourth-order valence-corrected chi connectivity index (χ4v) is 2.99. The van der Waals surface area contributed by atoms with Gasteiger partial charge >= 0.3 is 6.01 Å². The summed E-state index contributed by atoms with van der Waals surface area (Å²) < 4.78 is 12.9. The van der Waals surface area contributed by atoms with Crippen molar-refractivity contribution in [1.82, 2.24) is 14.8 Å². The van der Waals surface area contributed by atoms with Crippen LogP contribution in [0.15, 0.2) is 48.5 Å². The van der Waals surface area contributed by atoms with Crippen molar-refractivity contribution >= 4 is 11.6 Å². The maximum absolute atomic E-state index is 12.0. The predicted octanol–water partition coefficient (Wildman–Crippen LogP) is 4.96. The lowest BCUT2D eigenvalue weighted by Gasteiger charge is -2.10. The van der Waals surface area contributed by atoms with Gasteiger partial charge in [-0.25, -0.2) is 4.68 Å². The Bertz CT molecular complexity index is 1010. The molecule has 0 aliphatic heterocycles. The Hall–Kier alpha value is -3.35. The van der Waals surface area contributed by atoms with Crippen LogP contribution in [0.3, 0.4) is 0 Å². The number of amides is 1. The lowest BCUT2D eigenvalue weighted by Crippen LogP contribution is -2.13. The molecule has 0 bridgehead atoms. The Morgan fingerprint density at radius 1 is 1.06 bits per heavy atom. The van der Waals surface area contributed by atoms with Gasteiger partial charge in [-0.2, -0.15) is 4.98 Å². The van der Waals surface area contributed by atoms with Gasteiger partial charge in [-0.05, 0) is 48.2 Å². The molecule has 0 saturated heterocycles. The second-order valence-corrected chi connectivity index (χ2v) is 8.26. The van der Waals surface area contributed by atoms with Crippen molar-refractivity contribution in [1.29, 1.82) is 0 Å². The second-order valence-electron chi connectivity index (χ2n) is 8.26. The average Bonchev–Trinajstić information content (AvgIpc) is 3.16. The van der Waals surface area contributed by atoms with Crippen LogP contribution >= 0.6 is 0 Å². The van der Waals surface area contributed by atoms with E-state index < -0.39 is 0 Å². The number of ether oxygens (including phenoxy) is 2. The number of nitrogens with zero attached hydrogens (tertiary/aromatic N) is 3. The molecule has 3 aromatic rings. The molecule has 0 aliphatic rings. The number of hydrogen-bond acceptors (Lipinski definition) is 5. The van der Waals surface area contributed by atoms with Gasteiger partial charge in [0.1, 0.15) is 5.75 Å². The fraction of sp³-hybridized carbons (Fsp3) is 0.375. The van der Waals surface area contributed by atoms with Gasteiger partial charge in [-0.15, -0.1) is 5.10 Å². The molecule has 164 valence electrons. The molecule has 3 rings (SSSR count). The van der Waals surface area contributed by atoms with Crippen molar-refractivity contribution in [3.8, 4) is 28.8 Å². The van der Waals surface area contributed by atoms with Gasteiger partial charge in [0.25, 0.3) is 0 Å². The normalized spacial score (nSPS) is 11.1. The van der Waals surface area contributed by atoms with Crippen molar-refractivity contribution in [3.63, 3.8) is 0 Å². The number of hydrogen-bond donors (Lipinski definition) is 1. The van der Waals surface area contributed by atoms with Gasteiger partial charge in [-0.1, -0.05) is 39.8 Å². The van der Waals surface area contributed by atoms with Gasteiger partial charge < -0.3 is 14.8 Å². The molecule has 0 saturated carbocycles. The van der Waals surface area contributed by atoms with E-state index in [9.17, 15) is 4.79 Å². The zero-order valence-corrected chi connectivity index (χ0v) is 18.8. The molecule has 1 amide bonds. The quantitative estimate of drug-likeness (QED) is 0.527. The minimum Gasteiger partial charge on any atom is -0.497 e. The molecular formula is C24H30N4O3. The molecule has 7 nitrogen and oxygen atoms in total. The van der Waals surface area contributed by atoms with Crippen molar-refractivity contribution in [2.45, 2.75) is 34.1 Å². The summed E-state index contributed by atoms with van der Waals surface area (Å²) in [6.45, 7) is 8.72. The molecule has 1 aromatic heterocycles. The lowest BCUT2D eigenvalue weighted by molar-refractivity contribution is -0.116. The van der Waals surface area contributed by atoms with Crippen LogP contribution in [0.25, 0.3) is 17.1 Å². The van der Waals surface area contributed by atoms with E-state index in [1.807, 2.05) is 62.4 Å². The third-order valence-corrected chi connectivity index (χ3v) is 4.45. The van der Waals surface area contributed by atoms with E-state index in [0.717, 1.165) is 22.7 Å². The number of benzene rings is 2. The Morgan fingerprint density at radius 2 is 1.81 bits per heavy atom. The molecule has 1 heterocycles. The lowest BCUT2D eigenvalue weighted by atomic mass is 10.1. The highest BCUT2D eigenvalue weighted by molar-refractivity contribution is 5.90. The van der Waals surface area contributed by atoms with Crippen molar-refractivity contribution in [2.24, 2.45) is 11.8 Å². The zero-order chi connectivity index (χ0) is 22.4. The summed E-state index contributed by atoms with van der Waals surface area (Å²) in [7, 11) is 1.63. The summed E-state index contributed by atoms with van der Waals surface area (Å²) in [4.78, 5) is 16.7. The summed E-state index contributed by atoms with van der Waals surface area (Å²) in [5.74, 6) is 2.06. The van der Waals surface area contributed by atoms with Gasteiger partial charge in [-0.3, -0.25) is 4.79 Å². The summed E-state index contributed by atoms with van der Waals surface area (Å²) >= 11 is 0. The molecule has 2 aromatic carbocycles. The summed E-state index contributed by atoms with van der Waals surface area (Å²) in [6, 6.07) is 15.5. The van der Waals surface area contributed by atoms with Crippen LogP contribution < -0.4 is 14.8 Å². The Morgan fingerprint density at radius 3 is 2.45 bits per heavy atom. The first-order valence-electron chi connectivity index (χ1n) is 10.5. The minimum absolute atomic E-state index is 0.00458. The molecule has 0 aliphatic carbocycles. The van der Waals surface area contributed by atoms with Crippen LogP contribution in [0.4, 0.5) is 5.69 Å². The van der Waals surface area contributed by atoms with Gasteiger partial charge in [0, 0.05) is 17.7 Å². The molecule has 1 N–H and O–H groups in total. The van der Waals surface area contributed by atoms with E-state index in [2.05, 4.69) is 29.2 Å². The van der Waals surface area contributed by atoms with Crippen LogP contribution in [-0.2, 0) is 4.79 Å². The highest BCUT2D eigenvalue weighted by Crippen LogP contribution is 2.27. The predicted molar refractivity (Wildman–Crippen MR) is 122 cm³/mol. The first-order chi connectivity index (χ1) is 14.9. The van der Waals surface area contributed by atoms with E-state index in [1.54, 1.807) is 11.8 Å². The molecule has 0 atom stereocenters. The first-order valence-corrected chi connectivity index (χ1v) is 10.5. The zero-order valence-electron chi connectivity index (χ0n) is 18.8. The van der Waals surface area contributed by atoms with E-state index in [1.165, 1.54) is 0 Å². The number of rotatable bonds is 9. The van der Waals surface area contributed by atoms with Crippen LogP contribution in [0, 0.1) is 11.8 Å². The monoisotopic (exact) mass is 422 g/mol. The Balaban J connectivity index is 1.92. The van der Waals surface area contributed by atoms with E-state index in [4.69, 9.17) is 9.47 Å². The third-order valence-electron chi connectivity index (χ3n) is 4.45. The standard InChI is InChI=1S/C24H30N4O3/c1-16(2)13-22(29)25-19-9-11-20(12-10-19)28-23(18-7-6-8-21(14-18)30-5)26-24(27-28)31-15-17(3)4/h6-12,14,16-17H,13,15H2,1-5H3,(H,25,29). The first kappa shape index (κ1) is 22.3. The van der Waals surface area contributed by atoms with E-state index >= 15 is 0 Å². The van der Waals surface area contributed by atoms with Gasteiger partial charge in [0.15, 0.2) is 5.82 Å². The number of anilines is 1. The van der Waals surface area contributed by atoms with Crippen molar-refractivity contribution in [2.75, 3.05) is 19.0 Å². The van der Waals surface area contributed by atoms with Crippen molar-refractivity contribution in [3.05, 3.63) is 48.5 Å². The van der Waals surface area contributed by atoms with Crippen molar-refractivity contribution < 1.29 is 14.3 Å². The molecule has 0 radical (unpaired) electrons. The van der Waals surface area contributed by atoms with Gasteiger partial charge in [0.2, 0.25) is 5.91 Å². The third kappa shape index (κ3) is 6.07. The second kappa shape index (κ2) is 10.1. The van der Waals surface area contributed by atoms with Crippen LogP contribution in [0.5, 0.6) is 11.8 Å². The number of aromatic nitrogens is 3. The minimum atomic E-state index is 0.00458. The highest BCUT2D eigenvalue weighted by Gasteiger charge is 2.16. The molecule has 0 unspecified atom stereocenters. The fourth-order valence-electron chi connectivity index (χ4n) is 2.99.